The number of nitrogens with one attached hydrogen (secondary N) is 2. The Bertz CT molecular complexity index is 694. The zero-order valence-electron chi connectivity index (χ0n) is 13.4. The van der Waals surface area contributed by atoms with Gasteiger partial charge in [-0.25, -0.2) is 0 Å². The molecule has 0 spiro atoms. The molecule has 0 heterocycles. The highest BCUT2D eigenvalue weighted by Crippen LogP contribution is 2.19. The Hall–Kier alpha value is -2.82. The van der Waals surface area contributed by atoms with Crippen LogP contribution >= 0.6 is 0 Å². The zero-order chi connectivity index (χ0) is 16.8. The van der Waals surface area contributed by atoms with Gasteiger partial charge in [-0.05, 0) is 50.2 Å². The van der Waals surface area contributed by atoms with E-state index < -0.39 is 0 Å². The molecule has 0 radical (unpaired) electrons. The summed E-state index contributed by atoms with van der Waals surface area (Å²) in [5.41, 5.74) is 1.62. The van der Waals surface area contributed by atoms with Crippen molar-refractivity contribution in [1.29, 1.82) is 0 Å². The van der Waals surface area contributed by atoms with Gasteiger partial charge < -0.3 is 15.4 Å². The zero-order valence-corrected chi connectivity index (χ0v) is 13.4. The molecular formula is C18H20N2O3. The highest BCUT2D eigenvalue weighted by atomic mass is 16.5. The number of benzene rings is 2. The van der Waals surface area contributed by atoms with E-state index in [-0.39, 0.29) is 17.9 Å². The first-order valence-corrected chi connectivity index (χ1v) is 7.36. The van der Waals surface area contributed by atoms with Crippen LogP contribution in [0.2, 0.25) is 0 Å². The van der Waals surface area contributed by atoms with Gasteiger partial charge in [0.25, 0.3) is 11.8 Å². The first-order valence-electron chi connectivity index (χ1n) is 7.36. The summed E-state index contributed by atoms with van der Waals surface area (Å²) in [6.07, 6.45) is 0. The Kier molecular flexibility index (Phi) is 5.36. The van der Waals surface area contributed by atoms with Gasteiger partial charge in [0.05, 0.1) is 12.7 Å². The summed E-state index contributed by atoms with van der Waals surface area (Å²) in [5.74, 6) is 0.113. The minimum atomic E-state index is -0.262. The van der Waals surface area contributed by atoms with E-state index in [0.29, 0.717) is 22.6 Å². The van der Waals surface area contributed by atoms with Crippen molar-refractivity contribution in [3.63, 3.8) is 0 Å². The number of carbonyl (C=O) groups is 2. The first-order chi connectivity index (χ1) is 11.0. The van der Waals surface area contributed by atoms with Crippen LogP contribution in [-0.4, -0.2) is 25.0 Å². The quantitative estimate of drug-likeness (QED) is 0.891. The van der Waals surface area contributed by atoms with Crippen LogP contribution in [0.5, 0.6) is 5.75 Å². The van der Waals surface area contributed by atoms with Crippen molar-refractivity contribution in [2.24, 2.45) is 0 Å². The second-order valence-electron chi connectivity index (χ2n) is 5.36. The molecule has 0 aliphatic carbocycles. The van der Waals surface area contributed by atoms with Crippen LogP contribution in [0.25, 0.3) is 0 Å². The van der Waals surface area contributed by atoms with Crippen LogP contribution in [0.15, 0.2) is 48.5 Å². The second kappa shape index (κ2) is 7.45. The van der Waals surface area contributed by atoms with Gasteiger partial charge >= 0.3 is 0 Å². The molecule has 0 aliphatic rings. The van der Waals surface area contributed by atoms with Crippen molar-refractivity contribution in [3.05, 3.63) is 59.7 Å². The predicted molar refractivity (Wildman–Crippen MR) is 90.0 cm³/mol. The van der Waals surface area contributed by atoms with E-state index in [1.165, 1.54) is 7.11 Å². The summed E-state index contributed by atoms with van der Waals surface area (Å²) < 4.78 is 5.18. The Labute approximate surface area is 135 Å². The van der Waals surface area contributed by atoms with Gasteiger partial charge in [-0.3, -0.25) is 9.59 Å². The Morgan fingerprint density at radius 3 is 2.22 bits per heavy atom. The molecule has 2 aromatic rings. The number of amides is 2. The maximum Gasteiger partial charge on any atom is 0.259 e. The van der Waals surface area contributed by atoms with E-state index in [2.05, 4.69) is 10.6 Å². The molecule has 0 saturated carbocycles. The van der Waals surface area contributed by atoms with E-state index in [1.54, 1.807) is 48.5 Å². The van der Waals surface area contributed by atoms with Crippen molar-refractivity contribution in [2.75, 3.05) is 12.4 Å². The number of hydrogen-bond donors (Lipinski definition) is 2. The molecule has 23 heavy (non-hydrogen) atoms. The molecule has 0 aliphatic heterocycles. The number of anilines is 1. The molecule has 2 aromatic carbocycles. The van der Waals surface area contributed by atoms with Crippen LogP contribution in [0.4, 0.5) is 5.69 Å². The fourth-order valence-corrected chi connectivity index (χ4v) is 2.08. The average molecular weight is 312 g/mol. The van der Waals surface area contributed by atoms with Gasteiger partial charge in [-0.15, -0.1) is 0 Å². The molecule has 120 valence electrons. The smallest absolute Gasteiger partial charge is 0.259 e. The van der Waals surface area contributed by atoms with Gasteiger partial charge in [-0.2, -0.15) is 0 Å². The fraction of sp³-hybridized carbons (Fsp3) is 0.222. The molecule has 0 unspecified atom stereocenters. The van der Waals surface area contributed by atoms with Crippen LogP contribution in [0, 0.1) is 0 Å². The number of methoxy groups -OCH3 is 1. The van der Waals surface area contributed by atoms with Crippen molar-refractivity contribution in [2.45, 2.75) is 19.9 Å². The van der Waals surface area contributed by atoms with Crippen LogP contribution in [0.3, 0.4) is 0 Å². The first kappa shape index (κ1) is 16.5. The van der Waals surface area contributed by atoms with Crippen LogP contribution in [0.1, 0.15) is 34.6 Å². The monoisotopic (exact) mass is 312 g/mol. The van der Waals surface area contributed by atoms with E-state index in [4.69, 9.17) is 4.74 Å². The molecule has 2 N–H and O–H groups in total. The highest BCUT2D eigenvalue weighted by molar-refractivity contribution is 6.06. The average Bonchev–Trinajstić information content (AvgIpc) is 2.54. The molecule has 2 amide bonds. The third-order valence-electron chi connectivity index (χ3n) is 3.18. The maximum absolute atomic E-state index is 12.3. The van der Waals surface area contributed by atoms with E-state index in [9.17, 15) is 9.59 Å². The van der Waals surface area contributed by atoms with Gasteiger partial charge in [0.2, 0.25) is 0 Å². The summed E-state index contributed by atoms with van der Waals surface area (Å²) in [6, 6.07) is 13.8. The molecule has 0 bridgehead atoms. The van der Waals surface area contributed by atoms with E-state index >= 15 is 0 Å². The van der Waals surface area contributed by atoms with Crippen molar-refractivity contribution >= 4 is 17.5 Å². The summed E-state index contributed by atoms with van der Waals surface area (Å²) >= 11 is 0. The van der Waals surface area contributed by atoms with E-state index in [0.717, 1.165) is 0 Å². The lowest BCUT2D eigenvalue weighted by atomic mass is 10.1. The second-order valence-corrected chi connectivity index (χ2v) is 5.36. The highest BCUT2D eigenvalue weighted by Gasteiger charge is 2.12. The maximum atomic E-state index is 12.3. The molecule has 5 nitrogen and oxygen atoms in total. The van der Waals surface area contributed by atoms with Crippen molar-refractivity contribution in [1.82, 2.24) is 5.32 Å². The predicted octanol–water partition coefficient (Wildman–Crippen LogP) is 3.09. The standard InChI is InChI=1S/C18H20N2O3/c1-12(2)19-17(21)13-8-10-14(11-9-13)20-18(22)15-6-4-5-7-16(15)23-3/h4-12H,1-3H3,(H,19,21)(H,20,22). The summed E-state index contributed by atoms with van der Waals surface area (Å²) in [5, 5.41) is 5.61. The van der Waals surface area contributed by atoms with Crippen molar-refractivity contribution in [3.8, 4) is 5.75 Å². The van der Waals surface area contributed by atoms with Crippen molar-refractivity contribution < 1.29 is 14.3 Å². The van der Waals surface area contributed by atoms with Gasteiger partial charge in [0.1, 0.15) is 5.75 Å². The molecule has 2 rings (SSSR count). The number of rotatable bonds is 5. The molecule has 5 heteroatoms. The molecule has 0 saturated heterocycles. The topological polar surface area (TPSA) is 67.4 Å². The normalized spacial score (nSPS) is 10.3. The summed E-state index contributed by atoms with van der Waals surface area (Å²) in [4.78, 5) is 24.2. The van der Waals surface area contributed by atoms with E-state index in [1.807, 2.05) is 13.8 Å². The lowest BCUT2D eigenvalue weighted by Crippen LogP contribution is -2.30. The van der Waals surface area contributed by atoms with Crippen LogP contribution in [-0.2, 0) is 0 Å². The Morgan fingerprint density at radius 1 is 0.957 bits per heavy atom. The molecule has 0 atom stereocenters. The Balaban J connectivity index is 2.09. The molecule has 0 fully saturated rings. The Morgan fingerprint density at radius 2 is 1.61 bits per heavy atom. The molecule has 0 aromatic heterocycles. The third-order valence-corrected chi connectivity index (χ3v) is 3.18. The minimum Gasteiger partial charge on any atom is -0.496 e. The number of hydrogen-bond acceptors (Lipinski definition) is 3. The van der Waals surface area contributed by atoms with Gasteiger partial charge in [-0.1, -0.05) is 12.1 Å². The SMILES string of the molecule is COc1ccccc1C(=O)Nc1ccc(C(=O)NC(C)C)cc1. The number of ether oxygens (including phenoxy) is 1. The number of carbonyl (C=O) groups excluding carboxylic acids is 2. The minimum absolute atomic E-state index is 0.0763. The lowest BCUT2D eigenvalue weighted by Gasteiger charge is -2.10. The lowest BCUT2D eigenvalue weighted by molar-refractivity contribution is 0.0942. The van der Waals surface area contributed by atoms with Gasteiger partial charge in [0.15, 0.2) is 0 Å². The summed E-state index contributed by atoms with van der Waals surface area (Å²) in [6.45, 7) is 3.81. The fourth-order valence-electron chi connectivity index (χ4n) is 2.08. The largest absolute Gasteiger partial charge is 0.496 e. The molecular weight excluding hydrogens is 292 g/mol. The van der Waals surface area contributed by atoms with Crippen LogP contribution < -0.4 is 15.4 Å². The third kappa shape index (κ3) is 4.32. The van der Waals surface area contributed by atoms with Gasteiger partial charge in [0, 0.05) is 17.3 Å². The number of para-hydroxylation sites is 1. The summed E-state index contributed by atoms with van der Waals surface area (Å²) in [7, 11) is 1.52.